The maximum atomic E-state index is 12.2. The molecule has 0 fully saturated rings. The van der Waals surface area contributed by atoms with Gasteiger partial charge in [-0.05, 0) is 30.3 Å². The predicted molar refractivity (Wildman–Crippen MR) is 96.7 cm³/mol. The molecule has 0 bridgehead atoms. The molecule has 0 unspecified atom stereocenters. The quantitative estimate of drug-likeness (QED) is 0.752. The van der Waals surface area contributed by atoms with Crippen molar-refractivity contribution < 1.29 is 18.8 Å². The zero-order valence-corrected chi connectivity index (χ0v) is 14.5. The van der Waals surface area contributed by atoms with Gasteiger partial charge in [-0.2, -0.15) is 0 Å². The van der Waals surface area contributed by atoms with Crippen LogP contribution in [0.2, 0.25) is 5.02 Å². The lowest BCUT2D eigenvalue weighted by atomic mass is 10.1. The molecule has 1 aliphatic rings. The van der Waals surface area contributed by atoms with Crippen molar-refractivity contribution in [3.63, 3.8) is 0 Å². The lowest BCUT2D eigenvalue weighted by Crippen LogP contribution is -2.15. The lowest BCUT2D eigenvalue weighted by molar-refractivity contribution is -0.115. The van der Waals surface area contributed by atoms with E-state index in [2.05, 4.69) is 10.5 Å². The molecule has 2 aromatic carbocycles. The summed E-state index contributed by atoms with van der Waals surface area (Å²) in [6, 6.07) is 14.3. The molecule has 1 aromatic heterocycles. The van der Waals surface area contributed by atoms with E-state index < -0.39 is 0 Å². The van der Waals surface area contributed by atoms with Crippen LogP contribution in [0, 0.1) is 0 Å². The van der Waals surface area contributed by atoms with E-state index in [0.717, 1.165) is 5.56 Å². The molecule has 0 radical (unpaired) electrons. The van der Waals surface area contributed by atoms with Crippen molar-refractivity contribution in [2.24, 2.45) is 0 Å². The number of benzene rings is 2. The molecule has 1 amide bonds. The van der Waals surface area contributed by atoms with E-state index in [1.165, 1.54) is 0 Å². The van der Waals surface area contributed by atoms with Gasteiger partial charge in [-0.15, -0.1) is 0 Å². The SMILES string of the molecule is O=C(Cc1cc(-c2ccc3c(c2)OCCO3)on1)Nc1ccccc1Cl. The van der Waals surface area contributed by atoms with Crippen LogP contribution in [0.15, 0.2) is 53.1 Å². The van der Waals surface area contributed by atoms with Crippen LogP contribution >= 0.6 is 11.6 Å². The molecule has 0 spiro atoms. The van der Waals surface area contributed by atoms with E-state index in [9.17, 15) is 4.79 Å². The Balaban J connectivity index is 1.46. The summed E-state index contributed by atoms with van der Waals surface area (Å²) in [5.41, 5.74) is 1.90. The van der Waals surface area contributed by atoms with Crippen molar-refractivity contribution in [3.05, 3.63) is 59.2 Å². The number of anilines is 1. The zero-order chi connectivity index (χ0) is 17.9. The predicted octanol–water partition coefficient (Wildman–Crippen LogP) is 3.95. The maximum Gasteiger partial charge on any atom is 0.230 e. The number of carbonyl (C=O) groups is 1. The monoisotopic (exact) mass is 370 g/mol. The van der Waals surface area contributed by atoms with Gasteiger partial charge in [-0.1, -0.05) is 28.9 Å². The average Bonchev–Trinajstić information content (AvgIpc) is 3.11. The van der Waals surface area contributed by atoms with Crippen molar-refractivity contribution in [1.29, 1.82) is 0 Å². The maximum absolute atomic E-state index is 12.2. The van der Waals surface area contributed by atoms with Gasteiger partial charge in [0.15, 0.2) is 17.3 Å². The molecule has 0 aliphatic carbocycles. The molecule has 2 heterocycles. The Labute approximate surface area is 154 Å². The highest BCUT2D eigenvalue weighted by Gasteiger charge is 2.16. The summed E-state index contributed by atoms with van der Waals surface area (Å²) in [5.74, 6) is 1.71. The number of halogens is 1. The van der Waals surface area contributed by atoms with Crippen LogP contribution in [0.1, 0.15) is 5.69 Å². The van der Waals surface area contributed by atoms with E-state index >= 15 is 0 Å². The summed E-state index contributed by atoms with van der Waals surface area (Å²) < 4.78 is 16.4. The van der Waals surface area contributed by atoms with Crippen molar-refractivity contribution in [1.82, 2.24) is 5.16 Å². The highest BCUT2D eigenvalue weighted by Crippen LogP contribution is 2.34. The second-order valence-electron chi connectivity index (χ2n) is 5.75. The van der Waals surface area contributed by atoms with Gasteiger partial charge in [0.25, 0.3) is 0 Å². The van der Waals surface area contributed by atoms with Crippen LogP contribution in [0.4, 0.5) is 5.69 Å². The second kappa shape index (κ2) is 7.09. The van der Waals surface area contributed by atoms with Crippen LogP contribution in [0.3, 0.4) is 0 Å². The number of aromatic nitrogens is 1. The van der Waals surface area contributed by atoms with Crippen molar-refractivity contribution in [2.75, 3.05) is 18.5 Å². The Morgan fingerprint density at radius 3 is 2.73 bits per heavy atom. The highest BCUT2D eigenvalue weighted by atomic mass is 35.5. The van der Waals surface area contributed by atoms with E-state index in [4.69, 9.17) is 25.6 Å². The van der Waals surface area contributed by atoms with Gasteiger partial charge in [0.2, 0.25) is 5.91 Å². The van der Waals surface area contributed by atoms with Crippen LogP contribution in [-0.2, 0) is 11.2 Å². The Morgan fingerprint density at radius 2 is 1.88 bits per heavy atom. The summed E-state index contributed by atoms with van der Waals surface area (Å²) in [7, 11) is 0. The van der Waals surface area contributed by atoms with E-state index in [1.807, 2.05) is 18.2 Å². The largest absolute Gasteiger partial charge is 0.486 e. The van der Waals surface area contributed by atoms with Crippen molar-refractivity contribution in [3.8, 4) is 22.8 Å². The second-order valence-corrected chi connectivity index (χ2v) is 6.15. The summed E-state index contributed by atoms with van der Waals surface area (Å²) in [6.07, 6.45) is 0.0826. The smallest absolute Gasteiger partial charge is 0.230 e. The number of nitrogens with one attached hydrogen (secondary N) is 1. The van der Waals surface area contributed by atoms with Crippen LogP contribution in [-0.4, -0.2) is 24.3 Å². The number of rotatable bonds is 4. The molecular weight excluding hydrogens is 356 g/mol. The van der Waals surface area contributed by atoms with Gasteiger partial charge in [-0.3, -0.25) is 4.79 Å². The average molecular weight is 371 g/mol. The topological polar surface area (TPSA) is 73.6 Å². The Morgan fingerprint density at radius 1 is 1.08 bits per heavy atom. The first-order valence-electron chi connectivity index (χ1n) is 8.09. The third-order valence-electron chi connectivity index (χ3n) is 3.88. The minimum Gasteiger partial charge on any atom is -0.486 e. The first-order valence-corrected chi connectivity index (χ1v) is 8.47. The normalized spacial score (nSPS) is 12.7. The number of para-hydroxylation sites is 1. The molecule has 0 saturated carbocycles. The fraction of sp³-hybridized carbons (Fsp3) is 0.158. The fourth-order valence-electron chi connectivity index (χ4n) is 2.65. The third-order valence-corrected chi connectivity index (χ3v) is 4.20. The molecule has 0 atom stereocenters. The van der Waals surface area contributed by atoms with Gasteiger partial charge in [0.05, 0.1) is 22.8 Å². The third kappa shape index (κ3) is 3.50. The van der Waals surface area contributed by atoms with Gasteiger partial charge < -0.3 is 19.3 Å². The van der Waals surface area contributed by atoms with E-state index in [1.54, 1.807) is 30.3 Å². The fourth-order valence-corrected chi connectivity index (χ4v) is 2.83. The van der Waals surface area contributed by atoms with Crippen molar-refractivity contribution >= 4 is 23.2 Å². The van der Waals surface area contributed by atoms with E-state index in [0.29, 0.717) is 46.9 Å². The molecule has 1 aliphatic heterocycles. The van der Waals surface area contributed by atoms with Gasteiger partial charge in [0, 0.05) is 11.6 Å². The number of nitrogens with zero attached hydrogens (tertiary/aromatic N) is 1. The van der Waals surface area contributed by atoms with E-state index in [-0.39, 0.29) is 12.3 Å². The molecule has 4 rings (SSSR count). The highest BCUT2D eigenvalue weighted by molar-refractivity contribution is 6.33. The number of amides is 1. The molecule has 26 heavy (non-hydrogen) atoms. The first kappa shape index (κ1) is 16.5. The van der Waals surface area contributed by atoms with Crippen LogP contribution in [0.5, 0.6) is 11.5 Å². The molecule has 1 N–H and O–H groups in total. The standard InChI is InChI=1S/C19H15ClN2O4/c20-14-3-1-2-4-15(14)21-19(23)11-13-10-17(26-22-13)12-5-6-16-18(9-12)25-8-7-24-16/h1-6,9-10H,7-8,11H2,(H,21,23). The van der Waals surface area contributed by atoms with Crippen LogP contribution < -0.4 is 14.8 Å². The van der Waals surface area contributed by atoms with Gasteiger partial charge in [-0.25, -0.2) is 0 Å². The summed E-state index contributed by atoms with van der Waals surface area (Å²) in [6.45, 7) is 1.06. The zero-order valence-electron chi connectivity index (χ0n) is 13.7. The molecule has 0 saturated heterocycles. The Kier molecular flexibility index (Phi) is 4.50. The minimum atomic E-state index is -0.222. The molecule has 3 aromatic rings. The number of fused-ring (bicyclic) bond motifs is 1. The van der Waals surface area contributed by atoms with Crippen molar-refractivity contribution in [2.45, 2.75) is 6.42 Å². The number of carbonyl (C=O) groups excluding carboxylic acids is 1. The summed E-state index contributed by atoms with van der Waals surface area (Å²) in [5, 5.41) is 7.21. The minimum absolute atomic E-state index is 0.0826. The summed E-state index contributed by atoms with van der Waals surface area (Å²) in [4.78, 5) is 12.2. The molecule has 6 nitrogen and oxygen atoms in total. The van der Waals surface area contributed by atoms with Gasteiger partial charge in [0.1, 0.15) is 13.2 Å². The molecule has 7 heteroatoms. The lowest BCUT2D eigenvalue weighted by Gasteiger charge is -2.18. The van der Waals surface area contributed by atoms with Crippen LogP contribution in [0.25, 0.3) is 11.3 Å². The van der Waals surface area contributed by atoms with Gasteiger partial charge >= 0.3 is 0 Å². The first-order chi connectivity index (χ1) is 12.7. The molecule has 132 valence electrons. The summed E-state index contributed by atoms with van der Waals surface area (Å²) >= 11 is 6.04. The number of hydrogen-bond acceptors (Lipinski definition) is 5. The Bertz CT molecular complexity index is 954. The number of hydrogen-bond donors (Lipinski definition) is 1. The number of ether oxygens (including phenoxy) is 2. The molecular formula is C19H15ClN2O4. The Hall–Kier alpha value is -2.99.